The Morgan fingerprint density at radius 3 is 2.70 bits per heavy atom. The summed E-state index contributed by atoms with van der Waals surface area (Å²) >= 11 is 0. The summed E-state index contributed by atoms with van der Waals surface area (Å²) in [5, 5.41) is 3.21. The number of sulfonamides is 1. The lowest BCUT2D eigenvalue weighted by atomic mass is 10.2. The number of hydrogen-bond acceptors (Lipinski definition) is 5. The minimum Gasteiger partial charge on any atom is -0.455 e. The maximum Gasteiger partial charge on any atom is 0.289 e. The summed E-state index contributed by atoms with van der Waals surface area (Å²) in [6, 6.07) is 1.50. The molecule has 1 atom stereocenters. The number of carbonyl (C=O) groups excluding carboxylic acids is 1. The van der Waals surface area contributed by atoms with Crippen LogP contribution < -0.4 is 5.32 Å². The first-order chi connectivity index (χ1) is 10.9. The third-order valence-electron chi connectivity index (χ3n) is 4.67. The molecular weight excluding hydrogens is 318 g/mol. The Morgan fingerprint density at radius 2 is 2.09 bits per heavy atom. The largest absolute Gasteiger partial charge is 0.455 e. The summed E-state index contributed by atoms with van der Waals surface area (Å²) in [7, 11) is -1.84. The fourth-order valence-electron chi connectivity index (χ4n) is 3.20. The highest BCUT2D eigenvalue weighted by molar-refractivity contribution is 7.89. The molecule has 2 aliphatic rings. The molecule has 0 aromatic carbocycles. The van der Waals surface area contributed by atoms with Crippen molar-refractivity contribution in [2.45, 2.75) is 37.1 Å². The molecule has 23 heavy (non-hydrogen) atoms. The van der Waals surface area contributed by atoms with Gasteiger partial charge in [0.15, 0.2) is 5.76 Å². The van der Waals surface area contributed by atoms with Gasteiger partial charge in [0.2, 0.25) is 10.0 Å². The summed E-state index contributed by atoms with van der Waals surface area (Å²) < 4.78 is 32.2. The molecule has 0 saturated carbocycles. The normalized spacial score (nSPS) is 22.6. The van der Waals surface area contributed by atoms with Gasteiger partial charge in [-0.15, -0.1) is 0 Å². The van der Waals surface area contributed by atoms with Crippen LogP contribution in [0.5, 0.6) is 0 Å². The molecule has 7 nitrogen and oxygen atoms in total. The molecule has 0 bridgehead atoms. The summed E-state index contributed by atoms with van der Waals surface area (Å²) in [6.07, 6.45) is 2.64. The van der Waals surface area contributed by atoms with Gasteiger partial charge >= 0.3 is 0 Å². The SMILES string of the molecule is Cc1oc(C(=O)N(C)C2CCNC2)cc1S(=O)(=O)N1CCCC1. The molecule has 1 aromatic heterocycles. The number of likely N-dealkylation sites (N-methyl/N-ethyl adjacent to an activating group) is 1. The lowest BCUT2D eigenvalue weighted by molar-refractivity contribution is 0.0710. The van der Waals surface area contributed by atoms with Crippen LogP contribution in [0.4, 0.5) is 0 Å². The minimum absolute atomic E-state index is 0.0923. The first-order valence-electron chi connectivity index (χ1n) is 7.99. The predicted octanol–water partition coefficient (Wildman–Crippen LogP) is 0.806. The molecule has 1 N–H and O–H groups in total. The number of aryl methyl sites for hydroxylation is 1. The van der Waals surface area contributed by atoms with Crippen molar-refractivity contribution in [3.63, 3.8) is 0 Å². The molecule has 2 fully saturated rings. The summed E-state index contributed by atoms with van der Waals surface area (Å²) in [5.74, 6) is 0.0949. The van der Waals surface area contributed by atoms with E-state index in [0.29, 0.717) is 13.1 Å². The van der Waals surface area contributed by atoms with Crippen molar-refractivity contribution in [3.8, 4) is 0 Å². The lowest BCUT2D eigenvalue weighted by Crippen LogP contribution is -2.38. The minimum atomic E-state index is -3.57. The van der Waals surface area contributed by atoms with Gasteiger partial charge in [0, 0.05) is 38.8 Å². The Hall–Kier alpha value is -1.38. The Labute approximate surface area is 136 Å². The van der Waals surface area contributed by atoms with E-state index >= 15 is 0 Å². The van der Waals surface area contributed by atoms with Crippen molar-refractivity contribution in [1.82, 2.24) is 14.5 Å². The average Bonchev–Trinajstić information content (AvgIpc) is 3.25. The van der Waals surface area contributed by atoms with Crippen molar-refractivity contribution in [2.24, 2.45) is 0 Å². The highest BCUT2D eigenvalue weighted by atomic mass is 32.2. The van der Waals surface area contributed by atoms with E-state index in [1.54, 1.807) is 18.9 Å². The van der Waals surface area contributed by atoms with Gasteiger partial charge < -0.3 is 14.6 Å². The number of furan rings is 1. The number of rotatable bonds is 4. The number of nitrogens with zero attached hydrogens (tertiary/aromatic N) is 2. The molecule has 1 unspecified atom stereocenters. The number of nitrogens with one attached hydrogen (secondary N) is 1. The maximum atomic E-state index is 12.6. The second kappa shape index (κ2) is 6.26. The molecule has 2 saturated heterocycles. The van der Waals surface area contributed by atoms with Gasteiger partial charge in [-0.1, -0.05) is 0 Å². The molecule has 0 spiro atoms. The van der Waals surface area contributed by atoms with Gasteiger partial charge in [-0.2, -0.15) is 4.31 Å². The molecule has 0 aliphatic carbocycles. The van der Waals surface area contributed by atoms with E-state index < -0.39 is 10.0 Å². The second-order valence-corrected chi connectivity index (χ2v) is 8.11. The molecule has 8 heteroatoms. The Kier molecular flexibility index (Phi) is 4.48. The molecule has 1 aromatic rings. The van der Waals surface area contributed by atoms with Crippen molar-refractivity contribution in [1.29, 1.82) is 0 Å². The van der Waals surface area contributed by atoms with E-state index in [1.807, 2.05) is 0 Å². The van der Waals surface area contributed by atoms with Crippen molar-refractivity contribution < 1.29 is 17.6 Å². The molecule has 0 radical (unpaired) electrons. The maximum absolute atomic E-state index is 12.6. The highest BCUT2D eigenvalue weighted by Crippen LogP contribution is 2.27. The first kappa shape index (κ1) is 16.5. The van der Waals surface area contributed by atoms with E-state index in [4.69, 9.17) is 4.42 Å². The third kappa shape index (κ3) is 3.02. The summed E-state index contributed by atoms with van der Waals surface area (Å²) in [6.45, 7) is 4.29. The molecule has 1 amide bonds. The van der Waals surface area contributed by atoms with Crippen LogP contribution >= 0.6 is 0 Å². The van der Waals surface area contributed by atoms with Crippen LogP contribution in [0.3, 0.4) is 0 Å². The van der Waals surface area contributed by atoms with Crippen molar-refractivity contribution in [2.75, 3.05) is 33.2 Å². The van der Waals surface area contributed by atoms with Crippen LogP contribution in [0.25, 0.3) is 0 Å². The van der Waals surface area contributed by atoms with Crippen LogP contribution in [0, 0.1) is 6.92 Å². The van der Waals surface area contributed by atoms with Crippen molar-refractivity contribution in [3.05, 3.63) is 17.6 Å². The van der Waals surface area contributed by atoms with Crippen LogP contribution in [0.2, 0.25) is 0 Å². The standard InChI is InChI=1S/C15H23N3O4S/c1-11-14(23(20,21)18-7-3-4-8-18)9-13(22-11)15(19)17(2)12-5-6-16-10-12/h9,12,16H,3-8,10H2,1-2H3. The molecule has 128 valence electrons. The van der Waals surface area contributed by atoms with E-state index in [0.717, 1.165) is 32.4 Å². The Balaban J connectivity index is 1.84. The van der Waals surface area contributed by atoms with E-state index in [1.165, 1.54) is 10.4 Å². The van der Waals surface area contributed by atoms with Crippen LogP contribution in [-0.4, -0.2) is 62.8 Å². The highest BCUT2D eigenvalue weighted by Gasteiger charge is 2.33. The first-order valence-corrected chi connectivity index (χ1v) is 9.43. The topological polar surface area (TPSA) is 82.9 Å². The number of hydrogen-bond donors (Lipinski definition) is 1. The zero-order valence-electron chi connectivity index (χ0n) is 13.5. The van der Waals surface area contributed by atoms with Crippen LogP contribution in [-0.2, 0) is 10.0 Å². The third-order valence-corrected chi connectivity index (χ3v) is 6.67. The van der Waals surface area contributed by atoms with Gasteiger partial charge in [-0.05, 0) is 32.7 Å². The van der Waals surface area contributed by atoms with Gasteiger partial charge in [0.05, 0.1) is 0 Å². The monoisotopic (exact) mass is 341 g/mol. The number of amides is 1. The van der Waals surface area contributed by atoms with E-state index in [2.05, 4.69) is 5.32 Å². The molecule has 3 heterocycles. The van der Waals surface area contributed by atoms with Gasteiger partial charge in [-0.25, -0.2) is 8.42 Å². The predicted molar refractivity (Wildman–Crippen MR) is 84.8 cm³/mol. The van der Waals surface area contributed by atoms with Gasteiger partial charge in [0.1, 0.15) is 10.7 Å². The van der Waals surface area contributed by atoms with Crippen LogP contribution in [0.15, 0.2) is 15.4 Å². The fraction of sp³-hybridized carbons (Fsp3) is 0.667. The Bertz CT molecular complexity index is 686. The molecular formula is C15H23N3O4S. The Morgan fingerprint density at radius 1 is 1.39 bits per heavy atom. The smallest absolute Gasteiger partial charge is 0.289 e. The van der Waals surface area contributed by atoms with Crippen LogP contribution in [0.1, 0.15) is 35.6 Å². The molecule has 2 aliphatic heterocycles. The zero-order valence-corrected chi connectivity index (χ0v) is 14.4. The second-order valence-electron chi connectivity index (χ2n) is 6.20. The average molecular weight is 341 g/mol. The summed E-state index contributed by atoms with van der Waals surface area (Å²) in [4.78, 5) is 14.3. The zero-order chi connectivity index (χ0) is 16.6. The quantitative estimate of drug-likeness (QED) is 0.876. The van der Waals surface area contributed by atoms with E-state index in [-0.39, 0.29) is 28.4 Å². The number of carbonyl (C=O) groups is 1. The molecule has 3 rings (SSSR count). The van der Waals surface area contributed by atoms with E-state index in [9.17, 15) is 13.2 Å². The lowest BCUT2D eigenvalue weighted by Gasteiger charge is -2.22. The summed E-state index contributed by atoms with van der Waals surface area (Å²) in [5.41, 5.74) is 0. The van der Waals surface area contributed by atoms with Crippen molar-refractivity contribution >= 4 is 15.9 Å². The van der Waals surface area contributed by atoms with Gasteiger partial charge in [-0.3, -0.25) is 4.79 Å². The van der Waals surface area contributed by atoms with Gasteiger partial charge in [0.25, 0.3) is 5.91 Å². The fourth-order valence-corrected chi connectivity index (χ4v) is 4.88.